The molecule has 2 fully saturated rings. The number of carbonyl (C=O) groups excluding carboxylic acids is 1. The van der Waals surface area contributed by atoms with E-state index < -0.39 is 0 Å². The topological polar surface area (TPSA) is 100 Å². The molecule has 2 aromatic heterocycles. The molecule has 0 bridgehead atoms. The number of nitrogens with zero attached hydrogens (tertiary/aromatic N) is 6. The zero-order chi connectivity index (χ0) is 26.7. The molecular weight excluding hydrogens is 480 g/mol. The summed E-state index contributed by atoms with van der Waals surface area (Å²) in [7, 11) is 0. The molecule has 2 aliphatic rings. The number of urea groups is 1. The first-order valence-electron chi connectivity index (χ1n) is 13.4. The van der Waals surface area contributed by atoms with E-state index in [4.69, 9.17) is 4.74 Å². The number of hydrogen-bond donors (Lipinski definition) is 2. The Bertz CT molecular complexity index is 1240. The highest BCUT2D eigenvalue weighted by atomic mass is 16.5. The monoisotopic (exact) mass is 518 g/mol. The van der Waals surface area contributed by atoms with Gasteiger partial charge in [-0.3, -0.25) is 10.2 Å². The molecule has 202 valence electrons. The van der Waals surface area contributed by atoms with Crippen molar-refractivity contribution in [1.29, 1.82) is 0 Å². The number of aryl methyl sites for hydroxylation is 1. The van der Waals surface area contributed by atoms with E-state index in [1.165, 1.54) is 5.56 Å². The first kappa shape index (κ1) is 26.1. The minimum Gasteiger partial charge on any atom is -0.379 e. The highest BCUT2D eigenvalue weighted by molar-refractivity contribution is 5.99. The lowest BCUT2D eigenvalue weighted by Crippen LogP contribution is -2.49. The van der Waals surface area contributed by atoms with Crippen molar-refractivity contribution in [2.45, 2.75) is 52.0 Å². The van der Waals surface area contributed by atoms with Gasteiger partial charge in [-0.15, -0.1) is 5.10 Å². The van der Waals surface area contributed by atoms with Crippen LogP contribution in [0.4, 0.5) is 22.1 Å². The van der Waals surface area contributed by atoms with Gasteiger partial charge < -0.3 is 15.0 Å². The highest BCUT2D eigenvalue weighted by Gasteiger charge is 2.27. The third kappa shape index (κ3) is 6.14. The summed E-state index contributed by atoms with van der Waals surface area (Å²) in [6, 6.07) is 10.4. The molecule has 0 unspecified atom stereocenters. The van der Waals surface area contributed by atoms with Gasteiger partial charge in [-0.05, 0) is 54.5 Å². The maximum Gasteiger partial charge on any atom is 0.324 e. The molecule has 10 heteroatoms. The molecule has 38 heavy (non-hydrogen) atoms. The number of amides is 2. The van der Waals surface area contributed by atoms with E-state index in [1.54, 1.807) is 17.1 Å². The van der Waals surface area contributed by atoms with E-state index in [2.05, 4.69) is 68.6 Å². The van der Waals surface area contributed by atoms with Crippen molar-refractivity contribution in [2.24, 2.45) is 0 Å². The van der Waals surface area contributed by atoms with E-state index in [-0.39, 0.29) is 11.4 Å². The average Bonchev–Trinajstić information content (AvgIpc) is 3.37. The Morgan fingerprint density at radius 1 is 1.03 bits per heavy atom. The number of rotatable bonds is 5. The van der Waals surface area contributed by atoms with Gasteiger partial charge in [0.2, 0.25) is 0 Å². The van der Waals surface area contributed by atoms with Gasteiger partial charge in [0.1, 0.15) is 5.82 Å². The number of carbonyl (C=O) groups is 1. The van der Waals surface area contributed by atoms with Crippen LogP contribution in [-0.4, -0.2) is 76.3 Å². The first-order valence-corrected chi connectivity index (χ1v) is 13.4. The van der Waals surface area contributed by atoms with Crippen LogP contribution in [0.15, 0.2) is 42.7 Å². The number of piperidine rings is 1. The van der Waals surface area contributed by atoms with Gasteiger partial charge in [0.05, 0.1) is 37.0 Å². The van der Waals surface area contributed by atoms with Gasteiger partial charge in [-0.2, -0.15) is 0 Å². The van der Waals surface area contributed by atoms with Crippen LogP contribution in [0.5, 0.6) is 0 Å². The maximum atomic E-state index is 12.6. The SMILES string of the molecule is Cc1cc(NC(=O)Nc2cn(-c3ccc(C(C)(C)C)cc3)nn2)cnc1N1CCC(N2CCOCC2)CC1. The van der Waals surface area contributed by atoms with Crippen molar-refractivity contribution in [2.75, 3.05) is 54.9 Å². The fourth-order valence-corrected chi connectivity index (χ4v) is 5.19. The molecular formula is C28H38N8O2. The molecule has 0 saturated carbocycles. The van der Waals surface area contributed by atoms with Crippen molar-refractivity contribution in [1.82, 2.24) is 24.9 Å². The predicted molar refractivity (Wildman–Crippen MR) is 149 cm³/mol. The molecule has 0 aliphatic carbocycles. The number of anilines is 3. The Morgan fingerprint density at radius 3 is 2.39 bits per heavy atom. The number of hydrogen-bond acceptors (Lipinski definition) is 7. The maximum absolute atomic E-state index is 12.6. The summed E-state index contributed by atoms with van der Waals surface area (Å²) in [6.07, 6.45) is 5.66. The third-order valence-electron chi connectivity index (χ3n) is 7.37. The van der Waals surface area contributed by atoms with Crippen LogP contribution in [-0.2, 0) is 10.2 Å². The molecule has 3 aromatic rings. The van der Waals surface area contributed by atoms with Crippen molar-refractivity contribution in [3.63, 3.8) is 0 Å². The third-order valence-corrected chi connectivity index (χ3v) is 7.37. The summed E-state index contributed by atoms with van der Waals surface area (Å²) >= 11 is 0. The zero-order valence-corrected chi connectivity index (χ0v) is 22.8. The largest absolute Gasteiger partial charge is 0.379 e. The molecule has 5 rings (SSSR count). The minimum atomic E-state index is -0.389. The van der Waals surface area contributed by atoms with Crippen LogP contribution in [0.1, 0.15) is 44.7 Å². The number of ether oxygens (including phenoxy) is 1. The van der Waals surface area contributed by atoms with E-state index in [1.807, 2.05) is 25.1 Å². The molecule has 0 atom stereocenters. The average molecular weight is 519 g/mol. The van der Waals surface area contributed by atoms with Crippen LogP contribution < -0.4 is 15.5 Å². The predicted octanol–water partition coefficient (Wildman–Crippen LogP) is 4.21. The number of aromatic nitrogens is 4. The zero-order valence-electron chi connectivity index (χ0n) is 22.8. The highest BCUT2D eigenvalue weighted by Crippen LogP contribution is 2.26. The van der Waals surface area contributed by atoms with Gasteiger partial charge in [-0.1, -0.05) is 38.1 Å². The molecule has 0 radical (unpaired) electrons. The summed E-state index contributed by atoms with van der Waals surface area (Å²) in [5.74, 6) is 1.35. The Labute approximate surface area is 224 Å². The molecule has 2 amide bonds. The van der Waals surface area contributed by atoms with E-state index in [0.29, 0.717) is 17.5 Å². The van der Waals surface area contributed by atoms with E-state index >= 15 is 0 Å². The number of benzene rings is 1. The first-order chi connectivity index (χ1) is 18.3. The number of pyridine rings is 1. The summed E-state index contributed by atoms with van der Waals surface area (Å²) in [5, 5.41) is 13.8. The van der Waals surface area contributed by atoms with Gasteiger partial charge >= 0.3 is 6.03 Å². The van der Waals surface area contributed by atoms with Crippen LogP contribution >= 0.6 is 0 Å². The van der Waals surface area contributed by atoms with Crippen LogP contribution in [0.25, 0.3) is 5.69 Å². The fraction of sp³-hybridized carbons (Fsp3) is 0.500. The molecule has 10 nitrogen and oxygen atoms in total. The van der Waals surface area contributed by atoms with Gasteiger partial charge in [0, 0.05) is 32.2 Å². The van der Waals surface area contributed by atoms with Crippen LogP contribution in [0, 0.1) is 6.92 Å². The number of nitrogens with one attached hydrogen (secondary N) is 2. The second-order valence-corrected chi connectivity index (χ2v) is 11.2. The van der Waals surface area contributed by atoms with Crippen LogP contribution in [0.2, 0.25) is 0 Å². The fourth-order valence-electron chi connectivity index (χ4n) is 5.19. The van der Waals surface area contributed by atoms with Crippen molar-refractivity contribution in [3.8, 4) is 5.69 Å². The van der Waals surface area contributed by atoms with Crippen LogP contribution in [0.3, 0.4) is 0 Å². The van der Waals surface area contributed by atoms with Gasteiger partial charge in [0.15, 0.2) is 5.82 Å². The second-order valence-electron chi connectivity index (χ2n) is 11.2. The van der Waals surface area contributed by atoms with Crippen molar-refractivity contribution in [3.05, 3.63) is 53.9 Å². The summed E-state index contributed by atoms with van der Waals surface area (Å²) in [6.45, 7) is 14.3. The lowest BCUT2D eigenvalue weighted by Gasteiger charge is -2.40. The molecule has 2 N–H and O–H groups in total. The molecule has 2 saturated heterocycles. The van der Waals surface area contributed by atoms with Gasteiger partial charge in [-0.25, -0.2) is 14.5 Å². The second kappa shape index (κ2) is 11.1. The molecule has 0 spiro atoms. The van der Waals surface area contributed by atoms with Gasteiger partial charge in [0.25, 0.3) is 0 Å². The molecule has 1 aromatic carbocycles. The number of morpholine rings is 1. The standard InChI is InChI=1S/C28H38N8O2/c1-20-17-22(18-29-26(20)35-11-9-23(10-12-35)34-13-15-38-16-14-34)30-27(37)31-25-19-36(33-32-25)24-7-5-21(6-8-24)28(2,3)4/h5-8,17-19,23H,9-16H2,1-4H3,(H2,30,31,37). The molecule has 4 heterocycles. The Kier molecular flexibility index (Phi) is 7.62. The van der Waals surface area contributed by atoms with Crippen molar-refractivity contribution < 1.29 is 9.53 Å². The lowest BCUT2D eigenvalue weighted by atomic mass is 9.87. The Balaban J connectivity index is 1.14. The normalized spacial score (nSPS) is 17.4. The Morgan fingerprint density at radius 2 is 1.74 bits per heavy atom. The van der Waals surface area contributed by atoms with E-state index in [9.17, 15) is 4.79 Å². The van der Waals surface area contributed by atoms with E-state index in [0.717, 1.165) is 69.3 Å². The summed E-state index contributed by atoms with van der Waals surface area (Å²) in [5.41, 5.74) is 3.88. The quantitative estimate of drug-likeness (QED) is 0.522. The smallest absolute Gasteiger partial charge is 0.324 e. The van der Waals surface area contributed by atoms with Crippen molar-refractivity contribution >= 4 is 23.4 Å². The molecule has 2 aliphatic heterocycles. The summed E-state index contributed by atoms with van der Waals surface area (Å²) < 4.78 is 7.14. The lowest BCUT2D eigenvalue weighted by molar-refractivity contribution is 0.0114. The minimum absolute atomic E-state index is 0.0804. The summed E-state index contributed by atoms with van der Waals surface area (Å²) in [4.78, 5) is 22.2. The Hall–Kier alpha value is -3.50.